The molecule has 0 saturated carbocycles. The number of rotatable bonds is 6. The Morgan fingerprint density at radius 1 is 0.438 bits per heavy atom. The monoisotopic (exact) mass is 644 g/mol. The first-order valence-corrected chi connectivity index (χ1v) is 15.1. The number of carbonyl (C=O) groups is 4. The van der Waals surface area contributed by atoms with Crippen LogP contribution in [-0.4, -0.2) is 55.6 Å². The molecule has 4 saturated heterocycles. The standard InChI is InChI=1S/C34H24N6O8/c41-31-25-27(19-7-3-1-4-8-19)37-30-26(32(42)36(34(30)44)22-13-17-24(18-14-22)40(47)48)28(20-9-5-2-6-10-20)38(37)29(25)33(43)35(31)21-11-15-23(16-12-21)39(45)46/h1-18,25-30H/t25-,26+,27+,28-,29-,30+. The number of hydrogen-bond acceptors (Lipinski definition) is 10. The van der Waals surface area contributed by atoms with Crippen molar-refractivity contribution in [1.29, 1.82) is 0 Å². The molecule has 4 aromatic rings. The number of anilines is 2. The van der Waals surface area contributed by atoms with Gasteiger partial charge in [-0.25, -0.2) is 19.8 Å². The highest BCUT2D eigenvalue weighted by Gasteiger charge is 2.73. The minimum Gasteiger partial charge on any atom is -0.274 e. The molecule has 4 aromatic carbocycles. The van der Waals surface area contributed by atoms with Crippen molar-refractivity contribution in [1.82, 2.24) is 10.0 Å². The molecule has 4 amide bonds. The molecule has 14 heteroatoms. The Morgan fingerprint density at radius 2 is 0.771 bits per heavy atom. The van der Waals surface area contributed by atoms with Gasteiger partial charge in [-0.1, -0.05) is 60.7 Å². The number of nitro groups is 2. The van der Waals surface area contributed by atoms with Crippen molar-refractivity contribution in [3.05, 3.63) is 141 Å². The van der Waals surface area contributed by atoms with Gasteiger partial charge in [-0.3, -0.25) is 39.4 Å². The molecule has 238 valence electrons. The van der Waals surface area contributed by atoms with Crippen molar-refractivity contribution < 1.29 is 29.0 Å². The molecule has 4 fully saturated rings. The quantitative estimate of drug-likeness (QED) is 0.170. The van der Waals surface area contributed by atoms with Crippen molar-refractivity contribution in [2.24, 2.45) is 11.8 Å². The predicted octanol–water partition coefficient (Wildman–Crippen LogP) is 3.95. The lowest BCUT2D eigenvalue weighted by molar-refractivity contribution is -0.385. The minimum absolute atomic E-state index is 0.176. The fourth-order valence-corrected chi connectivity index (χ4v) is 7.75. The molecular weight excluding hydrogens is 620 g/mol. The zero-order chi connectivity index (χ0) is 33.4. The largest absolute Gasteiger partial charge is 0.274 e. The number of fused-ring (bicyclic) bond motifs is 5. The van der Waals surface area contributed by atoms with E-state index in [1.54, 1.807) is 70.7 Å². The van der Waals surface area contributed by atoms with E-state index in [0.717, 1.165) is 9.80 Å². The molecule has 0 aromatic heterocycles. The number of amides is 4. The number of hydrogen-bond donors (Lipinski definition) is 0. The van der Waals surface area contributed by atoms with E-state index in [2.05, 4.69) is 0 Å². The smallest absolute Gasteiger partial charge is 0.269 e. The highest BCUT2D eigenvalue weighted by Crippen LogP contribution is 2.59. The summed E-state index contributed by atoms with van der Waals surface area (Å²) in [6.07, 6.45) is 0. The Morgan fingerprint density at radius 3 is 1.08 bits per heavy atom. The van der Waals surface area contributed by atoms with E-state index >= 15 is 0 Å². The molecule has 0 N–H and O–H groups in total. The summed E-state index contributed by atoms with van der Waals surface area (Å²) in [5, 5.41) is 26.0. The molecular formula is C34H24N6O8. The van der Waals surface area contributed by atoms with Crippen molar-refractivity contribution in [3.8, 4) is 0 Å². The summed E-state index contributed by atoms with van der Waals surface area (Å²) >= 11 is 0. The van der Waals surface area contributed by atoms with Crippen molar-refractivity contribution in [3.63, 3.8) is 0 Å². The first kappa shape index (κ1) is 29.3. The minimum atomic E-state index is -1.10. The molecule has 0 bridgehead atoms. The average Bonchev–Trinajstić information content (AvgIpc) is 3.77. The summed E-state index contributed by atoms with van der Waals surface area (Å²) < 4.78 is 0. The van der Waals surface area contributed by atoms with Crippen LogP contribution in [0.4, 0.5) is 22.7 Å². The van der Waals surface area contributed by atoms with E-state index in [4.69, 9.17) is 0 Å². The van der Waals surface area contributed by atoms with E-state index < -0.39 is 69.5 Å². The molecule has 0 spiro atoms. The van der Waals surface area contributed by atoms with Crippen LogP contribution in [0.1, 0.15) is 23.2 Å². The predicted molar refractivity (Wildman–Crippen MR) is 168 cm³/mol. The maximum absolute atomic E-state index is 14.4. The van der Waals surface area contributed by atoms with Crippen LogP contribution in [-0.2, 0) is 19.2 Å². The zero-order valence-electron chi connectivity index (χ0n) is 24.8. The molecule has 48 heavy (non-hydrogen) atoms. The Bertz CT molecular complexity index is 1880. The van der Waals surface area contributed by atoms with Crippen molar-refractivity contribution >= 4 is 46.4 Å². The van der Waals surface area contributed by atoms with E-state index in [0.29, 0.717) is 11.1 Å². The highest BCUT2D eigenvalue weighted by atomic mass is 16.6. The number of hydrazine groups is 1. The van der Waals surface area contributed by atoms with Crippen LogP contribution in [0.5, 0.6) is 0 Å². The molecule has 4 heterocycles. The summed E-state index contributed by atoms with van der Waals surface area (Å²) in [7, 11) is 0. The molecule has 4 aliphatic rings. The normalized spacial score (nSPS) is 26.6. The van der Waals surface area contributed by atoms with Crippen molar-refractivity contribution in [2.75, 3.05) is 9.80 Å². The third kappa shape index (κ3) is 4.06. The van der Waals surface area contributed by atoms with E-state index in [-0.39, 0.29) is 22.7 Å². The van der Waals surface area contributed by atoms with E-state index in [1.807, 2.05) is 0 Å². The number of carbonyl (C=O) groups excluding carboxylic acids is 4. The maximum atomic E-state index is 14.4. The van der Waals surface area contributed by atoms with Crippen LogP contribution in [0, 0.1) is 32.1 Å². The SMILES string of the molecule is O=C1[C@@H]2[C@@H](C(=O)N1c1ccc([N+](=O)[O-])cc1)N1[C@@H](c3ccccc3)[C@H]3C(=O)N(c4ccc([N+](=O)[O-])cc4)C(=O)[C@@H]3N1[C@@H]2c1ccccc1. The maximum Gasteiger partial charge on any atom is 0.269 e. The van der Waals surface area contributed by atoms with Gasteiger partial charge in [-0.15, -0.1) is 0 Å². The van der Waals surface area contributed by atoms with Gasteiger partial charge in [0, 0.05) is 24.3 Å². The van der Waals surface area contributed by atoms with Crippen LogP contribution < -0.4 is 9.80 Å². The second-order valence-electron chi connectivity index (χ2n) is 12.0. The fraction of sp³-hybridized carbons (Fsp3) is 0.176. The molecule has 14 nitrogen and oxygen atoms in total. The van der Waals surface area contributed by atoms with Crippen LogP contribution in [0.3, 0.4) is 0 Å². The van der Waals surface area contributed by atoms with Gasteiger partial charge in [0.25, 0.3) is 23.2 Å². The molecule has 8 rings (SSSR count). The Hall–Kier alpha value is -6.12. The number of benzene rings is 4. The number of nitrogens with zero attached hydrogens (tertiary/aromatic N) is 6. The first-order valence-electron chi connectivity index (χ1n) is 15.1. The molecule has 0 unspecified atom stereocenters. The Balaban J connectivity index is 1.28. The van der Waals surface area contributed by atoms with Crippen LogP contribution in [0.15, 0.2) is 109 Å². The third-order valence-corrected chi connectivity index (χ3v) is 9.64. The molecule has 6 atom stereocenters. The third-order valence-electron chi connectivity index (χ3n) is 9.64. The summed E-state index contributed by atoms with van der Waals surface area (Å²) in [6, 6.07) is 24.4. The van der Waals surface area contributed by atoms with Crippen molar-refractivity contribution in [2.45, 2.75) is 24.2 Å². The number of imide groups is 2. The van der Waals surface area contributed by atoms with Crippen LogP contribution >= 0.6 is 0 Å². The molecule has 0 radical (unpaired) electrons. The van der Waals surface area contributed by atoms with Gasteiger partial charge in [0.1, 0.15) is 12.1 Å². The zero-order valence-corrected chi connectivity index (χ0v) is 24.8. The highest BCUT2D eigenvalue weighted by molar-refractivity contribution is 6.26. The lowest BCUT2D eigenvalue weighted by Gasteiger charge is -2.35. The second kappa shape index (κ2) is 10.7. The topological polar surface area (TPSA) is 168 Å². The number of non-ortho nitro benzene ring substituents is 2. The first-order chi connectivity index (χ1) is 23.2. The summed E-state index contributed by atoms with van der Waals surface area (Å²) in [5.74, 6) is -4.19. The van der Waals surface area contributed by atoms with Gasteiger partial charge < -0.3 is 0 Å². The van der Waals surface area contributed by atoms with Gasteiger partial charge in [0.2, 0.25) is 11.8 Å². The fourth-order valence-electron chi connectivity index (χ4n) is 7.75. The van der Waals surface area contributed by atoms with Gasteiger partial charge in [0.15, 0.2) is 0 Å². The Labute approximate surface area is 271 Å². The lowest BCUT2D eigenvalue weighted by atomic mass is 9.84. The van der Waals surface area contributed by atoms with Crippen LogP contribution in [0.25, 0.3) is 0 Å². The van der Waals surface area contributed by atoms with Gasteiger partial charge in [-0.05, 0) is 35.4 Å². The average molecular weight is 645 g/mol. The molecule has 4 aliphatic heterocycles. The number of nitro benzene ring substituents is 2. The van der Waals surface area contributed by atoms with Gasteiger partial charge >= 0.3 is 0 Å². The Kier molecular flexibility index (Phi) is 6.54. The lowest BCUT2D eigenvalue weighted by Crippen LogP contribution is -2.50. The van der Waals surface area contributed by atoms with Gasteiger partial charge in [-0.2, -0.15) is 0 Å². The van der Waals surface area contributed by atoms with Crippen LogP contribution in [0.2, 0.25) is 0 Å². The van der Waals surface area contributed by atoms with E-state index in [1.165, 1.54) is 48.5 Å². The molecule has 0 aliphatic carbocycles. The van der Waals surface area contributed by atoms with Gasteiger partial charge in [0.05, 0.1) is 45.1 Å². The summed E-state index contributed by atoms with van der Waals surface area (Å²) in [4.78, 5) is 81.1. The summed E-state index contributed by atoms with van der Waals surface area (Å²) in [5.41, 5.74) is 1.27. The second-order valence-corrected chi connectivity index (χ2v) is 12.0. The van der Waals surface area contributed by atoms with E-state index in [9.17, 15) is 39.4 Å². The summed E-state index contributed by atoms with van der Waals surface area (Å²) in [6.45, 7) is 0.